The molecular formula is C26H33N7O2. The van der Waals surface area contributed by atoms with Gasteiger partial charge in [-0.25, -0.2) is 9.97 Å². The molecule has 0 bridgehead atoms. The summed E-state index contributed by atoms with van der Waals surface area (Å²) in [6, 6.07) is 10.3. The Morgan fingerprint density at radius 2 is 1.66 bits per heavy atom. The van der Waals surface area contributed by atoms with Crippen LogP contribution in [0.3, 0.4) is 0 Å². The van der Waals surface area contributed by atoms with E-state index in [1.807, 2.05) is 49.3 Å². The minimum atomic E-state index is -0.216. The van der Waals surface area contributed by atoms with Crippen LogP contribution in [-0.2, 0) is 11.3 Å². The molecule has 0 radical (unpaired) electrons. The third-order valence-electron chi connectivity index (χ3n) is 6.96. The number of hydrogen-bond acceptors (Lipinski definition) is 7. The number of rotatable bonds is 5. The van der Waals surface area contributed by atoms with Crippen molar-refractivity contribution < 1.29 is 9.90 Å². The van der Waals surface area contributed by atoms with Gasteiger partial charge in [0.15, 0.2) is 0 Å². The quantitative estimate of drug-likeness (QED) is 0.605. The number of hydrogen-bond donors (Lipinski definition) is 1. The first-order valence-electron chi connectivity index (χ1n) is 12.4. The van der Waals surface area contributed by atoms with Gasteiger partial charge in [-0.1, -0.05) is 18.2 Å². The monoisotopic (exact) mass is 475 g/mol. The molecule has 2 fully saturated rings. The normalized spacial score (nSPS) is 17.2. The van der Waals surface area contributed by atoms with Crippen molar-refractivity contribution in [1.82, 2.24) is 24.6 Å². The Morgan fingerprint density at radius 1 is 0.971 bits per heavy atom. The van der Waals surface area contributed by atoms with Gasteiger partial charge in [-0.15, -0.1) is 0 Å². The average molecular weight is 476 g/mol. The molecule has 2 aliphatic rings. The lowest BCUT2D eigenvalue weighted by Crippen LogP contribution is -2.49. The molecule has 1 aromatic carbocycles. The van der Waals surface area contributed by atoms with E-state index in [0.29, 0.717) is 19.0 Å². The molecule has 3 aromatic rings. The van der Waals surface area contributed by atoms with E-state index in [4.69, 9.17) is 0 Å². The second kappa shape index (κ2) is 10.0. The molecule has 9 heteroatoms. The van der Waals surface area contributed by atoms with Gasteiger partial charge in [0.25, 0.3) is 0 Å². The van der Waals surface area contributed by atoms with E-state index in [2.05, 4.69) is 37.0 Å². The van der Waals surface area contributed by atoms with Crippen molar-refractivity contribution in [3.05, 3.63) is 54.1 Å². The summed E-state index contributed by atoms with van der Waals surface area (Å²) in [5, 5.41) is 14.2. The van der Waals surface area contributed by atoms with Gasteiger partial charge < -0.3 is 19.8 Å². The van der Waals surface area contributed by atoms with Crippen LogP contribution in [0.4, 0.5) is 11.6 Å². The fraction of sp³-hybridized carbons (Fsp3) is 0.462. The van der Waals surface area contributed by atoms with Crippen molar-refractivity contribution in [3.8, 4) is 11.1 Å². The fourth-order valence-corrected chi connectivity index (χ4v) is 4.94. The lowest BCUT2D eigenvalue weighted by Gasteiger charge is -2.37. The van der Waals surface area contributed by atoms with Crippen LogP contribution in [0.25, 0.3) is 11.1 Å². The van der Waals surface area contributed by atoms with Crippen LogP contribution >= 0.6 is 0 Å². The Balaban J connectivity index is 1.24. The van der Waals surface area contributed by atoms with E-state index in [0.717, 1.165) is 67.2 Å². The molecule has 2 saturated heterocycles. The van der Waals surface area contributed by atoms with Crippen LogP contribution in [0.5, 0.6) is 0 Å². The summed E-state index contributed by atoms with van der Waals surface area (Å²) in [5.74, 6) is 0.825. The highest BCUT2D eigenvalue weighted by molar-refractivity contribution is 5.79. The van der Waals surface area contributed by atoms with Crippen molar-refractivity contribution in [2.75, 3.05) is 49.1 Å². The van der Waals surface area contributed by atoms with E-state index in [1.54, 1.807) is 4.68 Å². The molecule has 184 valence electrons. The second-order valence-corrected chi connectivity index (χ2v) is 9.46. The third kappa shape index (κ3) is 5.14. The number of piperidine rings is 1. The number of carbonyl (C=O) groups excluding carboxylic acids is 1. The van der Waals surface area contributed by atoms with Gasteiger partial charge in [-0.2, -0.15) is 5.10 Å². The fourth-order valence-electron chi connectivity index (χ4n) is 4.94. The summed E-state index contributed by atoms with van der Waals surface area (Å²) in [6.45, 7) is 8.68. The molecular weight excluding hydrogens is 442 g/mol. The Bertz CT molecular complexity index is 1160. The molecule has 0 saturated carbocycles. The topological polar surface area (TPSA) is 90.6 Å². The SMILES string of the molecule is Cc1cc(C)n(CC(=O)N2CCN(c3ccccc3-c3cnc(N4CCC(O)CC4)nc3)CC2)n1. The molecule has 0 spiro atoms. The van der Waals surface area contributed by atoms with E-state index >= 15 is 0 Å². The summed E-state index contributed by atoms with van der Waals surface area (Å²) < 4.78 is 1.79. The van der Waals surface area contributed by atoms with Gasteiger partial charge in [0.1, 0.15) is 6.54 Å². The van der Waals surface area contributed by atoms with E-state index in [-0.39, 0.29) is 18.6 Å². The Hall–Kier alpha value is -3.46. The van der Waals surface area contributed by atoms with Crippen LogP contribution in [-0.4, -0.2) is 81.0 Å². The molecule has 0 aliphatic carbocycles. The summed E-state index contributed by atoms with van der Waals surface area (Å²) in [5.41, 5.74) is 5.15. The lowest BCUT2D eigenvalue weighted by molar-refractivity contribution is -0.132. The van der Waals surface area contributed by atoms with Crippen LogP contribution in [0.1, 0.15) is 24.2 Å². The van der Waals surface area contributed by atoms with Crippen molar-refractivity contribution >= 4 is 17.5 Å². The standard InChI is InChI=1S/C26H33N7O2/c1-19-15-20(2)33(29-19)18-25(35)31-13-11-30(12-14-31)24-6-4-3-5-23(24)21-16-27-26(28-17-21)32-9-7-22(34)8-10-32/h3-6,15-17,22,34H,7-14,18H2,1-2H3. The maximum Gasteiger partial charge on any atom is 0.244 e. The predicted molar refractivity (Wildman–Crippen MR) is 135 cm³/mol. The predicted octanol–water partition coefficient (Wildman–Crippen LogP) is 2.27. The summed E-state index contributed by atoms with van der Waals surface area (Å²) in [7, 11) is 0. The molecule has 2 aromatic heterocycles. The average Bonchev–Trinajstić information content (AvgIpc) is 3.21. The van der Waals surface area contributed by atoms with Gasteiger partial charge in [0.05, 0.1) is 11.8 Å². The maximum absolute atomic E-state index is 12.9. The maximum atomic E-state index is 12.9. The summed E-state index contributed by atoms with van der Waals surface area (Å²) in [6.07, 6.45) is 5.07. The second-order valence-electron chi connectivity index (χ2n) is 9.46. The van der Waals surface area contributed by atoms with Crippen molar-refractivity contribution in [1.29, 1.82) is 0 Å². The minimum absolute atomic E-state index is 0.110. The van der Waals surface area contributed by atoms with Crippen LogP contribution in [0.15, 0.2) is 42.7 Å². The number of aliphatic hydroxyl groups excluding tert-OH is 1. The molecule has 2 aliphatic heterocycles. The zero-order valence-corrected chi connectivity index (χ0v) is 20.5. The number of aromatic nitrogens is 4. The van der Waals surface area contributed by atoms with Gasteiger partial charge in [0, 0.05) is 74.2 Å². The number of aryl methyl sites for hydroxylation is 2. The third-order valence-corrected chi connectivity index (χ3v) is 6.96. The molecule has 0 unspecified atom stereocenters. The summed E-state index contributed by atoms with van der Waals surface area (Å²) in [4.78, 5) is 28.5. The first-order valence-corrected chi connectivity index (χ1v) is 12.4. The van der Waals surface area contributed by atoms with Gasteiger partial charge >= 0.3 is 0 Å². The van der Waals surface area contributed by atoms with Crippen molar-refractivity contribution in [2.45, 2.75) is 39.3 Å². The molecule has 1 amide bonds. The highest BCUT2D eigenvalue weighted by atomic mass is 16.3. The molecule has 9 nitrogen and oxygen atoms in total. The number of amides is 1. The molecule has 0 atom stereocenters. The Labute approximate surface area is 206 Å². The molecule has 5 rings (SSSR count). The highest BCUT2D eigenvalue weighted by Crippen LogP contribution is 2.31. The van der Waals surface area contributed by atoms with Crippen molar-refractivity contribution in [2.24, 2.45) is 0 Å². The van der Waals surface area contributed by atoms with Crippen LogP contribution in [0, 0.1) is 13.8 Å². The highest BCUT2D eigenvalue weighted by Gasteiger charge is 2.24. The summed E-state index contributed by atoms with van der Waals surface area (Å²) >= 11 is 0. The number of para-hydroxylation sites is 1. The Kier molecular flexibility index (Phi) is 6.68. The first kappa shape index (κ1) is 23.3. The van der Waals surface area contributed by atoms with E-state index in [9.17, 15) is 9.90 Å². The number of carbonyl (C=O) groups is 1. The molecule has 35 heavy (non-hydrogen) atoms. The van der Waals surface area contributed by atoms with Crippen LogP contribution in [0.2, 0.25) is 0 Å². The number of anilines is 2. The number of nitrogens with zero attached hydrogens (tertiary/aromatic N) is 7. The van der Waals surface area contributed by atoms with E-state index in [1.165, 1.54) is 0 Å². The van der Waals surface area contributed by atoms with Crippen LogP contribution < -0.4 is 9.80 Å². The smallest absolute Gasteiger partial charge is 0.244 e. The molecule has 4 heterocycles. The first-order chi connectivity index (χ1) is 17.0. The van der Waals surface area contributed by atoms with Gasteiger partial charge in [-0.3, -0.25) is 9.48 Å². The number of aliphatic hydroxyl groups is 1. The largest absolute Gasteiger partial charge is 0.393 e. The lowest BCUT2D eigenvalue weighted by atomic mass is 10.1. The number of piperazine rings is 1. The molecule has 1 N–H and O–H groups in total. The van der Waals surface area contributed by atoms with E-state index < -0.39 is 0 Å². The number of benzene rings is 1. The van der Waals surface area contributed by atoms with Crippen molar-refractivity contribution in [3.63, 3.8) is 0 Å². The van der Waals surface area contributed by atoms with Gasteiger partial charge in [-0.05, 0) is 38.8 Å². The zero-order chi connectivity index (χ0) is 24.4. The Morgan fingerprint density at radius 3 is 2.31 bits per heavy atom. The zero-order valence-electron chi connectivity index (χ0n) is 20.5. The minimum Gasteiger partial charge on any atom is -0.393 e. The van der Waals surface area contributed by atoms with Gasteiger partial charge in [0.2, 0.25) is 11.9 Å².